The van der Waals surface area contributed by atoms with Crippen molar-refractivity contribution in [1.82, 2.24) is 9.80 Å². The first-order chi connectivity index (χ1) is 18.5. The minimum atomic E-state index is -0.795. The molecule has 0 radical (unpaired) electrons. The molecule has 3 heterocycles. The quantitative estimate of drug-likeness (QED) is 0.398. The van der Waals surface area contributed by atoms with E-state index in [-0.39, 0.29) is 11.3 Å². The predicted octanol–water partition coefficient (Wildman–Crippen LogP) is 4.14. The van der Waals surface area contributed by atoms with Gasteiger partial charge in [0.25, 0.3) is 5.91 Å². The number of rotatable bonds is 10. The van der Waals surface area contributed by atoms with E-state index in [0.717, 1.165) is 19.5 Å². The van der Waals surface area contributed by atoms with Crippen molar-refractivity contribution >= 4 is 22.7 Å². The van der Waals surface area contributed by atoms with Gasteiger partial charge in [0.2, 0.25) is 5.78 Å². The van der Waals surface area contributed by atoms with Gasteiger partial charge in [-0.1, -0.05) is 31.2 Å². The highest BCUT2D eigenvalue weighted by Gasteiger charge is 2.44. The van der Waals surface area contributed by atoms with Gasteiger partial charge >= 0.3 is 0 Å². The minimum absolute atomic E-state index is 0.0114. The highest BCUT2D eigenvalue weighted by atomic mass is 16.5. The number of methoxy groups -OCH3 is 1. The van der Waals surface area contributed by atoms with Crippen LogP contribution in [0.5, 0.6) is 11.5 Å². The van der Waals surface area contributed by atoms with Gasteiger partial charge in [-0.15, -0.1) is 0 Å². The number of Topliss-reactive ketones (excluding diaryl/α,β-unsaturated/α-hetero) is 1. The van der Waals surface area contributed by atoms with Crippen molar-refractivity contribution in [2.75, 3.05) is 53.1 Å². The molecule has 2 aliphatic rings. The second kappa shape index (κ2) is 11.3. The number of hydrogen-bond donors (Lipinski definition) is 1. The lowest BCUT2D eigenvalue weighted by atomic mass is 9.95. The van der Waals surface area contributed by atoms with Crippen LogP contribution in [0.3, 0.4) is 0 Å². The maximum Gasteiger partial charge on any atom is 0.290 e. The zero-order valence-corrected chi connectivity index (χ0v) is 21.6. The number of amides is 1. The van der Waals surface area contributed by atoms with Crippen LogP contribution in [0.25, 0.3) is 11.0 Å². The van der Waals surface area contributed by atoms with Gasteiger partial charge in [-0.25, -0.2) is 0 Å². The van der Waals surface area contributed by atoms with Crippen molar-refractivity contribution in [3.63, 3.8) is 0 Å². The third kappa shape index (κ3) is 4.99. The maximum atomic E-state index is 13.9. The van der Waals surface area contributed by atoms with Gasteiger partial charge in [0.15, 0.2) is 22.9 Å². The van der Waals surface area contributed by atoms with E-state index in [1.165, 1.54) is 7.11 Å². The first kappa shape index (κ1) is 25.8. The molecule has 38 heavy (non-hydrogen) atoms. The second-order valence-electron chi connectivity index (χ2n) is 9.36. The van der Waals surface area contributed by atoms with E-state index < -0.39 is 23.5 Å². The Morgan fingerprint density at radius 2 is 1.89 bits per heavy atom. The predicted molar refractivity (Wildman–Crippen MR) is 141 cm³/mol. The zero-order valence-electron chi connectivity index (χ0n) is 21.6. The topological polar surface area (TPSA) is 102 Å². The van der Waals surface area contributed by atoms with Crippen LogP contribution in [0.4, 0.5) is 0 Å². The van der Waals surface area contributed by atoms with E-state index in [1.54, 1.807) is 23.1 Å². The van der Waals surface area contributed by atoms with E-state index in [0.29, 0.717) is 60.9 Å². The summed E-state index contributed by atoms with van der Waals surface area (Å²) >= 11 is 0. The number of carbonyl (C=O) groups excluding carboxylic acids is 2. The molecule has 2 aromatic carbocycles. The standard InChI is InChI=1S/C29H32N2O7/c1-3-14-37-21-8-4-6-19(17-21)25-24(26(32)23-18-20-7-5-9-22(35-2)28(20)38-23)27(33)29(34)31(25)11-10-30-12-15-36-16-13-30/h4-9,17-18,25,33H,3,10-16H2,1-2H3. The fraction of sp³-hybridized carbons (Fsp3) is 0.379. The highest BCUT2D eigenvalue weighted by molar-refractivity contribution is 6.16. The van der Waals surface area contributed by atoms with E-state index >= 15 is 0 Å². The Morgan fingerprint density at radius 1 is 1.11 bits per heavy atom. The average molecular weight is 521 g/mol. The van der Waals surface area contributed by atoms with Crippen LogP contribution >= 0.6 is 0 Å². The van der Waals surface area contributed by atoms with Crippen molar-refractivity contribution in [1.29, 1.82) is 0 Å². The first-order valence-corrected chi connectivity index (χ1v) is 12.9. The Bertz CT molecular complexity index is 1360. The normalized spacial score (nSPS) is 18.4. The van der Waals surface area contributed by atoms with Gasteiger partial charge in [0.1, 0.15) is 5.75 Å². The largest absolute Gasteiger partial charge is 0.503 e. The molecule has 0 aliphatic carbocycles. The molecule has 9 nitrogen and oxygen atoms in total. The van der Waals surface area contributed by atoms with Crippen molar-refractivity contribution in [2.45, 2.75) is 19.4 Å². The molecule has 1 aromatic heterocycles. The summed E-state index contributed by atoms with van der Waals surface area (Å²) in [4.78, 5) is 31.0. The molecule has 3 aromatic rings. The maximum absolute atomic E-state index is 13.9. The van der Waals surface area contributed by atoms with Crippen LogP contribution in [-0.2, 0) is 9.53 Å². The van der Waals surface area contributed by atoms with Crippen LogP contribution in [0.1, 0.15) is 35.5 Å². The van der Waals surface area contributed by atoms with E-state index in [1.807, 2.05) is 37.3 Å². The van der Waals surface area contributed by atoms with Gasteiger partial charge in [0, 0.05) is 31.6 Å². The van der Waals surface area contributed by atoms with Crippen LogP contribution in [0, 0.1) is 0 Å². The number of aliphatic hydroxyl groups excluding tert-OH is 1. The number of furan rings is 1. The number of morpholine rings is 1. The molecule has 1 atom stereocenters. The van der Waals surface area contributed by atoms with Crippen LogP contribution in [-0.4, -0.2) is 79.7 Å². The summed E-state index contributed by atoms with van der Waals surface area (Å²) in [5.74, 6) is -0.539. The number of benzene rings is 2. The van der Waals surface area contributed by atoms with Gasteiger partial charge < -0.3 is 28.6 Å². The molecule has 1 unspecified atom stereocenters. The number of ether oxygens (including phenoxy) is 3. The molecule has 0 saturated carbocycles. The first-order valence-electron chi connectivity index (χ1n) is 12.9. The minimum Gasteiger partial charge on any atom is -0.503 e. The fourth-order valence-corrected chi connectivity index (χ4v) is 4.97. The SMILES string of the molecule is CCCOc1cccc(C2C(C(=O)c3cc4cccc(OC)c4o3)=C(O)C(=O)N2CCN2CCOCC2)c1. The summed E-state index contributed by atoms with van der Waals surface area (Å²) in [5.41, 5.74) is 1.09. The molecule has 0 spiro atoms. The van der Waals surface area contributed by atoms with Crippen LogP contribution in [0.15, 0.2) is 64.3 Å². The van der Waals surface area contributed by atoms with E-state index in [2.05, 4.69) is 4.90 Å². The summed E-state index contributed by atoms with van der Waals surface area (Å²) in [6.45, 7) is 6.28. The molecular formula is C29H32N2O7. The third-order valence-electron chi connectivity index (χ3n) is 6.91. The molecule has 1 N–H and O–H groups in total. The van der Waals surface area contributed by atoms with E-state index in [4.69, 9.17) is 18.6 Å². The van der Waals surface area contributed by atoms with Gasteiger partial charge in [0.05, 0.1) is 38.5 Å². The fourth-order valence-electron chi connectivity index (χ4n) is 4.97. The van der Waals surface area contributed by atoms with Crippen molar-refractivity contribution in [3.8, 4) is 11.5 Å². The van der Waals surface area contributed by atoms with Crippen LogP contribution < -0.4 is 9.47 Å². The third-order valence-corrected chi connectivity index (χ3v) is 6.91. The number of aliphatic hydroxyl groups is 1. The summed E-state index contributed by atoms with van der Waals surface area (Å²) in [6, 6.07) is 13.5. The Labute approximate surface area is 221 Å². The number of hydrogen-bond acceptors (Lipinski definition) is 8. The number of carbonyl (C=O) groups is 2. The second-order valence-corrected chi connectivity index (χ2v) is 9.36. The highest BCUT2D eigenvalue weighted by Crippen LogP contribution is 2.41. The summed E-state index contributed by atoms with van der Waals surface area (Å²) in [5, 5.41) is 11.7. The Hall–Kier alpha value is -3.82. The summed E-state index contributed by atoms with van der Waals surface area (Å²) < 4.78 is 22.5. The summed E-state index contributed by atoms with van der Waals surface area (Å²) in [6.07, 6.45) is 0.845. The number of nitrogens with zero attached hydrogens (tertiary/aromatic N) is 2. The summed E-state index contributed by atoms with van der Waals surface area (Å²) in [7, 11) is 1.53. The molecule has 200 valence electrons. The number of ketones is 1. The van der Waals surface area contributed by atoms with Gasteiger partial charge in [-0.05, 0) is 36.2 Å². The van der Waals surface area contributed by atoms with Crippen molar-refractivity contribution < 1.29 is 33.3 Å². The Balaban J connectivity index is 1.52. The van der Waals surface area contributed by atoms with E-state index in [9.17, 15) is 14.7 Å². The molecule has 5 rings (SSSR count). The number of fused-ring (bicyclic) bond motifs is 1. The molecule has 0 bridgehead atoms. The molecule has 9 heteroatoms. The Kier molecular flexibility index (Phi) is 7.67. The van der Waals surface area contributed by atoms with Gasteiger partial charge in [-0.2, -0.15) is 0 Å². The lowest BCUT2D eigenvalue weighted by molar-refractivity contribution is -0.129. The monoisotopic (exact) mass is 520 g/mol. The molecule has 1 saturated heterocycles. The number of para-hydroxylation sites is 1. The van der Waals surface area contributed by atoms with Gasteiger partial charge in [-0.3, -0.25) is 14.5 Å². The molecule has 1 amide bonds. The average Bonchev–Trinajstić information content (AvgIpc) is 3.50. The molecule has 1 fully saturated rings. The smallest absolute Gasteiger partial charge is 0.290 e. The lowest BCUT2D eigenvalue weighted by Gasteiger charge is -2.31. The lowest BCUT2D eigenvalue weighted by Crippen LogP contribution is -2.43. The van der Waals surface area contributed by atoms with Crippen molar-refractivity contribution in [3.05, 3.63) is 71.2 Å². The molecular weight excluding hydrogens is 488 g/mol. The zero-order chi connectivity index (χ0) is 26.6. The molecule has 2 aliphatic heterocycles. The van der Waals surface area contributed by atoms with Crippen molar-refractivity contribution in [2.24, 2.45) is 0 Å². The Morgan fingerprint density at radius 3 is 2.66 bits per heavy atom. The van der Waals surface area contributed by atoms with Crippen LogP contribution in [0.2, 0.25) is 0 Å².